The van der Waals surface area contributed by atoms with Gasteiger partial charge in [0.25, 0.3) is 0 Å². The maximum Gasteiger partial charge on any atom is 0.303 e. The van der Waals surface area contributed by atoms with Crippen LogP contribution in [0.5, 0.6) is 0 Å². The van der Waals surface area contributed by atoms with Gasteiger partial charge in [-0.05, 0) is 13.3 Å². The maximum atomic E-state index is 10.3. The number of carboxylic acid groups (broad SMARTS) is 1. The van der Waals surface area contributed by atoms with Crippen LogP contribution in [0.1, 0.15) is 31.5 Å². The van der Waals surface area contributed by atoms with Gasteiger partial charge in [-0.3, -0.25) is 4.79 Å². The van der Waals surface area contributed by atoms with Crippen molar-refractivity contribution in [3.63, 3.8) is 0 Å². The van der Waals surface area contributed by atoms with E-state index in [9.17, 15) is 4.79 Å². The van der Waals surface area contributed by atoms with E-state index in [0.717, 1.165) is 12.2 Å². The van der Waals surface area contributed by atoms with E-state index in [1.54, 1.807) is 12.5 Å². The molecule has 1 aromatic rings. The number of nitrogens with two attached hydrogens (primary N) is 1. The van der Waals surface area contributed by atoms with Crippen LogP contribution in [0, 0.1) is 0 Å². The molecule has 0 aliphatic rings. The van der Waals surface area contributed by atoms with E-state index in [2.05, 4.69) is 4.98 Å². The van der Waals surface area contributed by atoms with Gasteiger partial charge in [0.05, 0.1) is 12.0 Å². The lowest BCUT2D eigenvalue weighted by Gasteiger charge is -2.11. The maximum absolute atomic E-state index is 10.3. The third-order valence-corrected chi connectivity index (χ3v) is 2.13. The van der Waals surface area contributed by atoms with Gasteiger partial charge in [0, 0.05) is 25.2 Å². The van der Waals surface area contributed by atoms with Crippen LogP contribution in [0.2, 0.25) is 0 Å². The number of hydrogen-bond donors (Lipinski definition) is 2. The lowest BCUT2D eigenvalue weighted by molar-refractivity contribution is -0.137. The molecule has 0 saturated carbocycles. The summed E-state index contributed by atoms with van der Waals surface area (Å²) in [5, 5.41) is 8.51. The predicted octanol–water partition coefficient (Wildman–Crippen LogP) is 0.768. The van der Waals surface area contributed by atoms with Crippen LogP contribution in [0.3, 0.4) is 0 Å². The van der Waals surface area contributed by atoms with Crippen molar-refractivity contribution in [3.8, 4) is 0 Å². The lowest BCUT2D eigenvalue weighted by Crippen LogP contribution is -2.16. The molecule has 1 unspecified atom stereocenters. The van der Waals surface area contributed by atoms with Gasteiger partial charge in [-0.15, -0.1) is 0 Å². The highest BCUT2D eigenvalue weighted by atomic mass is 16.4. The first kappa shape index (κ1) is 10.7. The van der Waals surface area contributed by atoms with Crippen molar-refractivity contribution in [2.24, 2.45) is 5.73 Å². The van der Waals surface area contributed by atoms with E-state index >= 15 is 0 Å². The Kier molecular flexibility index (Phi) is 3.64. The fourth-order valence-electron chi connectivity index (χ4n) is 1.33. The molecule has 1 aromatic heterocycles. The zero-order chi connectivity index (χ0) is 10.6. The molecule has 0 aromatic carbocycles. The van der Waals surface area contributed by atoms with Gasteiger partial charge in [-0.25, -0.2) is 4.98 Å². The fourth-order valence-corrected chi connectivity index (χ4v) is 1.33. The van der Waals surface area contributed by atoms with Crippen molar-refractivity contribution in [1.29, 1.82) is 0 Å². The number of carbonyl (C=O) groups is 1. The lowest BCUT2D eigenvalue weighted by atomic mass is 10.1. The molecule has 0 aliphatic carbocycles. The molecule has 0 amide bonds. The number of aryl methyl sites for hydroxylation is 1. The van der Waals surface area contributed by atoms with Crippen molar-refractivity contribution in [2.75, 3.05) is 0 Å². The molecule has 1 heterocycles. The van der Waals surface area contributed by atoms with E-state index in [1.165, 1.54) is 0 Å². The Bertz CT molecular complexity index is 309. The summed E-state index contributed by atoms with van der Waals surface area (Å²) in [7, 11) is 0. The number of aromatic nitrogens is 2. The zero-order valence-corrected chi connectivity index (χ0v) is 8.18. The Balaban J connectivity index is 2.59. The summed E-state index contributed by atoms with van der Waals surface area (Å²) in [4.78, 5) is 14.3. The summed E-state index contributed by atoms with van der Waals surface area (Å²) < 4.78 is 1.92. The number of nitrogens with zero attached hydrogens (tertiary/aromatic N) is 2. The SMILES string of the molecule is CCn1cncc1C(N)CCC(=O)O. The Morgan fingerprint density at radius 3 is 3.07 bits per heavy atom. The number of carboxylic acids is 1. The first-order valence-corrected chi connectivity index (χ1v) is 4.62. The molecule has 0 bridgehead atoms. The topological polar surface area (TPSA) is 81.1 Å². The summed E-state index contributed by atoms with van der Waals surface area (Å²) in [6.45, 7) is 2.80. The largest absolute Gasteiger partial charge is 0.481 e. The molecule has 78 valence electrons. The monoisotopic (exact) mass is 197 g/mol. The van der Waals surface area contributed by atoms with Crippen LogP contribution in [-0.4, -0.2) is 20.6 Å². The second-order valence-corrected chi connectivity index (χ2v) is 3.14. The highest BCUT2D eigenvalue weighted by Crippen LogP contribution is 2.14. The summed E-state index contributed by atoms with van der Waals surface area (Å²) in [5.74, 6) is -0.817. The Labute approximate surface area is 82.6 Å². The summed E-state index contributed by atoms with van der Waals surface area (Å²) >= 11 is 0. The van der Waals surface area contributed by atoms with E-state index in [1.807, 2.05) is 11.5 Å². The molecule has 14 heavy (non-hydrogen) atoms. The molecule has 0 spiro atoms. The first-order chi connectivity index (χ1) is 6.65. The van der Waals surface area contributed by atoms with Crippen molar-refractivity contribution >= 4 is 5.97 Å². The molecule has 0 fully saturated rings. The Morgan fingerprint density at radius 1 is 1.79 bits per heavy atom. The first-order valence-electron chi connectivity index (χ1n) is 4.62. The minimum atomic E-state index is -0.817. The molecule has 1 rings (SSSR count). The van der Waals surface area contributed by atoms with Crippen LogP contribution >= 0.6 is 0 Å². The van der Waals surface area contributed by atoms with Crippen LogP contribution < -0.4 is 5.73 Å². The van der Waals surface area contributed by atoms with E-state index in [-0.39, 0.29) is 12.5 Å². The molecule has 5 nitrogen and oxygen atoms in total. The third kappa shape index (κ3) is 2.56. The van der Waals surface area contributed by atoms with Gasteiger partial charge in [0.15, 0.2) is 0 Å². The van der Waals surface area contributed by atoms with Crippen LogP contribution in [-0.2, 0) is 11.3 Å². The minimum Gasteiger partial charge on any atom is -0.481 e. The number of imidazole rings is 1. The molecule has 0 saturated heterocycles. The summed E-state index contributed by atoms with van der Waals surface area (Å²) in [6, 6.07) is -0.242. The van der Waals surface area contributed by atoms with Gasteiger partial charge in [-0.1, -0.05) is 0 Å². The van der Waals surface area contributed by atoms with Crippen molar-refractivity contribution in [2.45, 2.75) is 32.4 Å². The van der Waals surface area contributed by atoms with Gasteiger partial charge in [0.1, 0.15) is 0 Å². The average molecular weight is 197 g/mol. The molecule has 5 heteroatoms. The number of hydrogen-bond acceptors (Lipinski definition) is 3. The Hall–Kier alpha value is -1.36. The average Bonchev–Trinajstić information content (AvgIpc) is 2.61. The number of rotatable bonds is 5. The molecule has 0 radical (unpaired) electrons. The molecule has 1 atom stereocenters. The number of aliphatic carboxylic acids is 1. The predicted molar refractivity (Wildman–Crippen MR) is 51.7 cm³/mol. The van der Waals surface area contributed by atoms with E-state index in [0.29, 0.717) is 6.42 Å². The fraction of sp³-hybridized carbons (Fsp3) is 0.556. The third-order valence-electron chi connectivity index (χ3n) is 2.13. The Morgan fingerprint density at radius 2 is 2.50 bits per heavy atom. The van der Waals surface area contributed by atoms with Gasteiger partial charge >= 0.3 is 5.97 Å². The standard InChI is InChI=1S/C9H15N3O2/c1-2-12-6-11-5-8(12)7(10)3-4-9(13)14/h5-7H,2-4,10H2,1H3,(H,13,14). The minimum absolute atomic E-state index is 0.0933. The van der Waals surface area contributed by atoms with Crippen LogP contribution in [0.15, 0.2) is 12.5 Å². The molecular formula is C9H15N3O2. The molecule has 3 N–H and O–H groups in total. The quantitative estimate of drug-likeness (QED) is 0.730. The zero-order valence-electron chi connectivity index (χ0n) is 8.18. The van der Waals surface area contributed by atoms with Crippen LogP contribution in [0.4, 0.5) is 0 Å². The highest BCUT2D eigenvalue weighted by Gasteiger charge is 2.11. The van der Waals surface area contributed by atoms with Gasteiger partial charge in [-0.2, -0.15) is 0 Å². The van der Waals surface area contributed by atoms with Gasteiger partial charge < -0.3 is 15.4 Å². The summed E-state index contributed by atoms with van der Waals surface area (Å²) in [6.07, 6.45) is 3.93. The van der Waals surface area contributed by atoms with Crippen LogP contribution in [0.25, 0.3) is 0 Å². The van der Waals surface area contributed by atoms with Crippen molar-refractivity contribution in [1.82, 2.24) is 9.55 Å². The highest BCUT2D eigenvalue weighted by molar-refractivity contribution is 5.66. The second kappa shape index (κ2) is 4.76. The van der Waals surface area contributed by atoms with E-state index < -0.39 is 5.97 Å². The second-order valence-electron chi connectivity index (χ2n) is 3.14. The van der Waals surface area contributed by atoms with E-state index in [4.69, 9.17) is 10.8 Å². The smallest absolute Gasteiger partial charge is 0.303 e. The normalized spacial score (nSPS) is 12.7. The van der Waals surface area contributed by atoms with Gasteiger partial charge in [0.2, 0.25) is 0 Å². The molecule has 0 aliphatic heterocycles. The van der Waals surface area contributed by atoms with Crippen molar-refractivity contribution < 1.29 is 9.90 Å². The summed E-state index contributed by atoms with van der Waals surface area (Å²) in [5.41, 5.74) is 6.74. The molecular weight excluding hydrogens is 182 g/mol. The van der Waals surface area contributed by atoms with Crippen molar-refractivity contribution in [3.05, 3.63) is 18.2 Å².